The summed E-state index contributed by atoms with van der Waals surface area (Å²) in [5.41, 5.74) is 0. The lowest BCUT2D eigenvalue weighted by atomic mass is 10.5. The molecule has 1 aromatic heterocycles. The van der Waals surface area contributed by atoms with Crippen LogP contribution in [0.15, 0.2) is 16.3 Å². The van der Waals surface area contributed by atoms with Crippen molar-refractivity contribution in [2.75, 3.05) is 14.2 Å². The fourth-order valence-electron chi connectivity index (χ4n) is 0.694. The van der Waals surface area contributed by atoms with E-state index >= 15 is 0 Å². The zero-order valence-electron chi connectivity index (χ0n) is 6.70. The number of esters is 1. The molecule has 3 nitrogen and oxygen atoms in total. The Bertz CT molecular complexity index is 269. The lowest BCUT2D eigenvalue weighted by molar-refractivity contribution is 0.0602. The molecule has 1 heterocycles. The van der Waals surface area contributed by atoms with Crippen LogP contribution in [0.1, 0.15) is 9.67 Å². The van der Waals surface area contributed by atoms with Crippen molar-refractivity contribution in [2.45, 2.75) is 4.90 Å². The maximum absolute atomic E-state index is 11.1. The van der Waals surface area contributed by atoms with Gasteiger partial charge in [-0.25, -0.2) is 4.79 Å². The molecule has 1 aromatic rings. The zero-order chi connectivity index (χ0) is 8.97. The summed E-state index contributed by atoms with van der Waals surface area (Å²) < 4.78 is 9.42. The molecule has 0 atom stereocenters. The minimum absolute atomic E-state index is 0.315. The number of rotatable bonds is 3. The van der Waals surface area contributed by atoms with Crippen LogP contribution >= 0.6 is 23.4 Å². The normalized spacial score (nSPS) is 9.83. The minimum Gasteiger partial charge on any atom is -0.465 e. The van der Waals surface area contributed by atoms with Crippen molar-refractivity contribution in [1.82, 2.24) is 0 Å². The fourth-order valence-corrected chi connectivity index (χ4v) is 2.19. The van der Waals surface area contributed by atoms with E-state index < -0.39 is 0 Å². The molecule has 0 unspecified atom stereocenters. The average molecular weight is 204 g/mol. The molecule has 5 heteroatoms. The number of hydrogen-bond acceptors (Lipinski definition) is 5. The van der Waals surface area contributed by atoms with Gasteiger partial charge in [-0.3, -0.25) is 0 Å². The Hall–Kier alpha value is -0.520. The van der Waals surface area contributed by atoms with Gasteiger partial charge in [0.05, 0.1) is 19.1 Å². The Kier molecular flexibility index (Phi) is 3.58. The molecule has 12 heavy (non-hydrogen) atoms. The van der Waals surface area contributed by atoms with Crippen LogP contribution in [0.4, 0.5) is 0 Å². The third kappa shape index (κ3) is 2.00. The smallest absolute Gasteiger partial charge is 0.349 e. The van der Waals surface area contributed by atoms with Gasteiger partial charge in [0.25, 0.3) is 0 Å². The maximum atomic E-state index is 11.1. The summed E-state index contributed by atoms with van der Waals surface area (Å²) in [7, 11) is 2.92. The SMILES string of the molecule is COSc1ccsc1C(=O)OC. The van der Waals surface area contributed by atoms with Crippen molar-refractivity contribution in [3.05, 3.63) is 16.3 Å². The summed E-state index contributed by atoms with van der Waals surface area (Å²) in [6.07, 6.45) is 0. The highest BCUT2D eigenvalue weighted by atomic mass is 32.2. The summed E-state index contributed by atoms with van der Waals surface area (Å²) >= 11 is 2.51. The van der Waals surface area contributed by atoms with Gasteiger partial charge >= 0.3 is 5.97 Å². The Labute approximate surface area is 78.9 Å². The van der Waals surface area contributed by atoms with E-state index in [1.807, 2.05) is 11.4 Å². The van der Waals surface area contributed by atoms with Crippen molar-refractivity contribution in [3.63, 3.8) is 0 Å². The Morgan fingerprint density at radius 2 is 2.33 bits per heavy atom. The Morgan fingerprint density at radius 1 is 1.58 bits per heavy atom. The topological polar surface area (TPSA) is 35.5 Å². The maximum Gasteiger partial charge on any atom is 0.349 e. The second-order valence-electron chi connectivity index (χ2n) is 1.86. The molecule has 0 bridgehead atoms. The standard InChI is InChI=1S/C7H8O3S2/c1-9-7(8)6-5(12-10-2)3-4-11-6/h3-4H,1-2H3. The van der Waals surface area contributed by atoms with E-state index in [2.05, 4.69) is 4.74 Å². The first-order valence-corrected chi connectivity index (χ1v) is 4.78. The number of carbonyl (C=O) groups excluding carboxylic acids is 1. The molecule has 0 saturated heterocycles. The third-order valence-electron chi connectivity index (χ3n) is 1.17. The summed E-state index contributed by atoms with van der Waals surface area (Å²) in [5, 5.41) is 1.83. The highest BCUT2D eigenvalue weighted by molar-refractivity contribution is 7.94. The molecule has 0 fully saturated rings. The molecule has 0 amide bonds. The van der Waals surface area contributed by atoms with Gasteiger partial charge in [-0.05, 0) is 11.4 Å². The van der Waals surface area contributed by atoms with Crippen LogP contribution in [0.3, 0.4) is 0 Å². The van der Waals surface area contributed by atoms with E-state index in [1.54, 1.807) is 7.11 Å². The van der Waals surface area contributed by atoms with Crippen molar-refractivity contribution in [3.8, 4) is 0 Å². The van der Waals surface area contributed by atoms with Gasteiger partial charge in [0, 0.05) is 12.0 Å². The molecule has 0 spiro atoms. The third-order valence-corrected chi connectivity index (χ3v) is 2.88. The Morgan fingerprint density at radius 3 is 2.92 bits per heavy atom. The second kappa shape index (κ2) is 4.49. The highest BCUT2D eigenvalue weighted by Gasteiger charge is 2.13. The fraction of sp³-hybridized carbons (Fsp3) is 0.286. The number of carbonyl (C=O) groups is 1. The van der Waals surface area contributed by atoms with Crippen LogP contribution < -0.4 is 0 Å². The van der Waals surface area contributed by atoms with Crippen LogP contribution in [0.25, 0.3) is 0 Å². The lowest BCUT2D eigenvalue weighted by Gasteiger charge is -1.98. The van der Waals surface area contributed by atoms with Crippen LogP contribution in [0.2, 0.25) is 0 Å². The number of hydrogen-bond donors (Lipinski definition) is 0. The molecule has 66 valence electrons. The quantitative estimate of drug-likeness (QED) is 0.558. The molecule has 1 rings (SSSR count). The molecule has 0 N–H and O–H groups in total. The average Bonchev–Trinajstić information content (AvgIpc) is 2.52. The molecular formula is C7H8O3S2. The lowest BCUT2D eigenvalue weighted by Crippen LogP contribution is -1.98. The summed E-state index contributed by atoms with van der Waals surface area (Å²) in [4.78, 5) is 12.5. The van der Waals surface area contributed by atoms with E-state index in [4.69, 9.17) is 4.18 Å². The minimum atomic E-state index is -0.315. The number of thiophene rings is 1. The summed E-state index contributed by atoms with van der Waals surface area (Å²) in [6, 6.07) is 1.82. The monoisotopic (exact) mass is 204 g/mol. The molecular weight excluding hydrogens is 196 g/mol. The van der Waals surface area contributed by atoms with Crippen LogP contribution in [0.5, 0.6) is 0 Å². The number of ether oxygens (including phenoxy) is 1. The largest absolute Gasteiger partial charge is 0.465 e. The van der Waals surface area contributed by atoms with Crippen molar-refractivity contribution in [1.29, 1.82) is 0 Å². The molecule has 0 aliphatic carbocycles. The highest BCUT2D eigenvalue weighted by Crippen LogP contribution is 2.27. The van der Waals surface area contributed by atoms with Gasteiger partial charge in [-0.2, -0.15) is 0 Å². The van der Waals surface area contributed by atoms with E-state index in [-0.39, 0.29) is 5.97 Å². The second-order valence-corrected chi connectivity index (χ2v) is 3.71. The van der Waals surface area contributed by atoms with E-state index in [0.29, 0.717) is 4.88 Å². The van der Waals surface area contributed by atoms with Crippen molar-refractivity contribution < 1.29 is 13.7 Å². The predicted octanol–water partition coefficient (Wildman–Crippen LogP) is 2.19. The number of methoxy groups -OCH3 is 1. The van der Waals surface area contributed by atoms with Gasteiger partial charge in [-0.1, -0.05) is 0 Å². The first kappa shape index (κ1) is 9.57. The summed E-state index contributed by atoms with van der Waals surface area (Å²) in [5.74, 6) is -0.315. The van der Waals surface area contributed by atoms with Crippen molar-refractivity contribution in [2.24, 2.45) is 0 Å². The predicted molar refractivity (Wildman–Crippen MR) is 48.5 cm³/mol. The first-order valence-electron chi connectivity index (χ1n) is 3.16. The van der Waals surface area contributed by atoms with E-state index in [1.165, 1.54) is 18.4 Å². The molecule has 0 aromatic carbocycles. The van der Waals surface area contributed by atoms with E-state index in [9.17, 15) is 4.79 Å². The molecule has 0 aliphatic heterocycles. The zero-order valence-corrected chi connectivity index (χ0v) is 8.33. The van der Waals surface area contributed by atoms with Gasteiger partial charge in [0.15, 0.2) is 0 Å². The van der Waals surface area contributed by atoms with Gasteiger partial charge in [-0.15, -0.1) is 11.3 Å². The molecule has 0 aliphatic rings. The molecule has 0 saturated carbocycles. The van der Waals surface area contributed by atoms with Gasteiger partial charge in [0.2, 0.25) is 0 Å². The van der Waals surface area contributed by atoms with Crippen LogP contribution in [-0.2, 0) is 8.92 Å². The molecule has 0 radical (unpaired) electrons. The van der Waals surface area contributed by atoms with Crippen LogP contribution in [-0.4, -0.2) is 20.2 Å². The van der Waals surface area contributed by atoms with Gasteiger partial charge in [0.1, 0.15) is 4.88 Å². The van der Waals surface area contributed by atoms with Crippen LogP contribution in [0, 0.1) is 0 Å². The first-order chi connectivity index (χ1) is 5.79. The van der Waals surface area contributed by atoms with Crippen molar-refractivity contribution >= 4 is 29.3 Å². The summed E-state index contributed by atoms with van der Waals surface area (Å²) in [6.45, 7) is 0. The van der Waals surface area contributed by atoms with E-state index in [0.717, 1.165) is 16.9 Å². The Balaban J connectivity index is 2.83. The van der Waals surface area contributed by atoms with Gasteiger partial charge < -0.3 is 8.92 Å².